The van der Waals surface area contributed by atoms with Crippen LogP contribution in [0.4, 0.5) is 0 Å². The smallest absolute Gasteiger partial charge is 0.191 e. The van der Waals surface area contributed by atoms with Crippen LogP contribution in [0.1, 0.15) is 18.9 Å². The number of hydrogen-bond donors (Lipinski definition) is 2. The van der Waals surface area contributed by atoms with E-state index >= 15 is 0 Å². The van der Waals surface area contributed by atoms with Gasteiger partial charge in [-0.2, -0.15) is 0 Å². The lowest BCUT2D eigenvalue weighted by Crippen LogP contribution is -2.46. The molecule has 0 spiro atoms. The van der Waals surface area contributed by atoms with Crippen molar-refractivity contribution in [3.63, 3.8) is 0 Å². The van der Waals surface area contributed by atoms with E-state index in [1.165, 1.54) is 0 Å². The zero-order chi connectivity index (χ0) is 17.9. The number of aliphatic imine (C=N–C) groups is 1. The van der Waals surface area contributed by atoms with Gasteiger partial charge in [0, 0.05) is 33.2 Å². The summed E-state index contributed by atoms with van der Waals surface area (Å²) in [6.07, 6.45) is 1.05. The van der Waals surface area contributed by atoms with Crippen LogP contribution in [0.25, 0.3) is 0 Å². The molecule has 1 aliphatic heterocycles. The van der Waals surface area contributed by atoms with Gasteiger partial charge in [0.05, 0.1) is 19.8 Å². The third-order valence-electron chi connectivity index (χ3n) is 4.39. The molecule has 0 aromatic heterocycles. The van der Waals surface area contributed by atoms with Gasteiger partial charge in [0.15, 0.2) is 5.96 Å². The third-order valence-corrected chi connectivity index (χ3v) is 4.39. The third kappa shape index (κ3) is 6.92. The number of morpholine rings is 1. The first-order valence-electron chi connectivity index (χ1n) is 9.19. The molecule has 1 heterocycles. The highest BCUT2D eigenvalue weighted by Crippen LogP contribution is 2.18. The van der Waals surface area contributed by atoms with Gasteiger partial charge in [0.2, 0.25) is 0 Å². The van der Waals surface area contributed by atoms with E-state index in [1.54, 1.807) is 7.05 Å². The van der Waals surface area contributed by atoms with Crippen molar-refractivity contribution in [2.75, 3.05) is 53.0 Å². The van der Waals surface area contributed by atoms with Crippen molar-refractivity contribution in [2.24, 2.45) is 4.99 Å². The summed E-state index contributed by atoms with van der Waals surface area (Å²) in [5.41, 5.74) is 1.16. The van der Waals surface area contributed by atoms with Gasteiger partial charge in [0.25, 0.3) is 0 Å². The average molecular weight is 348 g/mol. The van der Waals surface area contributed by atoms with Crippen LogP contribution in [-0.4, -0.2) is 69.9 Å². The SMILES string of the molecule is CCC(CNC(=NC)NCCN1CCOCC1)Oc1ccccc1C. The number of benzene rings is 1. The van der Waals surface area contributed by atoms with Gasteiger partial charge in [-0.25, -0.2) is 0 Å². The second kappa shape index (κ2) is 10.9. The molecule has 2 rings (SSSR count). The standard InChI is InChI=1S/C19H32N4O2/c1-4-17(25-18-8-6-5-7-16(18)2)15-22-19(20-3)21-9-10-23-11-13-24-14-12-23/h5-8,17H,4,9-15H2,1-3H3,(H2,20,21,22). The van der Waals surface area contributed by atoms with E-state index in [2.05, 4.69) is 40.4 Å². The van der Waals surface area contributed by atoms with Crippen molar-refractivity contribution in [2.45, 2.75) is 26.4 Å². The average Bonchev–Trinajstić information content (AvgIpc) is 2.65. The monoisotopic (exact) mass is 348 g/mol. The molecule has 0 bridgehead atoms. The summed E-state index contributed by atoms with van der Waals surface area (Å²) in [6, 6.07) is 8.13. The van der Waals surface area contributed by atoms with Crippen molar-refractivity contribution in [3.8, 4) is 5.75 Å². The van der Waals surface area contributed by atoms with Gasteiger partial charge in [0.1, 0.15) is 11.9 Å². The lowest BCUT2D eigenvalue weighted by atomic mass is 10.2. The van der Waals surface area contributed by atoms with Crippen LogP contribution in [0.15, 0.2) is 29.3 Å². The molecule has 25 heavy (non-hydrogen) atoms. The summed E-state index contributed by atoms with van der Waals surface area (Å²) in [5.74, 6) is 1.77. The number of nitrogens with zero attached hydrogens (tertiary/aromatic N) is 2. The zero-order valence-corrected chi connectivity index (χ0v) is 15.8. The highest BCUT2D eigenvalue weighted by atomic mass is 16.5. The Morgan fingerprint density at radius 3 is 2.72 bits per heavy atom. The lowest BCUT2D eigenvalue weighted by Gasteiger charge is -2.27. The van der Waals surface area contributed by atoms with Crippen molar-refractivity contribution in [1.82, 2.24) is 15.5 Å². The minimum Gasteiger partial charge on any atom is -0.488 e. The molecule has 1 saturated heterocycles. The number of hydrogen-bond acceptors (Lipinski definition) is 4. The first-order chi connectivity index (χ1) is 12.2. The van der Waals surface area contributed by atoms with Crippen molar-refractivity contribution >= 4 is 5.96 Å². The molecule has 1 aliphatic rings. The summed E-state index contributed by atoms with van der Waals surface area (Å²) >= 11 is 0. The molecule has 1 unspecified atom stereocenters. The van der Waals surface area contributed by atoms with E-state index in [0.717, 1.165) is 69.6 Å². The maximum absolute atomic E-state index is 6.12. The number of aryl methyl sites for hydroxylation is 1. The first kappa shape index (κ1) is 19.5. The van der Waals surface area contributed by atoms with Crippen LogP contribution >= 0.6 is 0 Å². The number of para-hydroxylation sites is 1. The van der Waals surface area contributed by atoms with Crippen molar-refractivity contribution < 1.29 is 9.47 Å². The largest absolute Gasteiger partial charge is 0.488 e. The molecule has 1 aromatic rings. The molecule has 0 saturated carbocycles. The fraction of sp³-hybridized carbons (Fsp3) is 0.632. The summed E-state index contributed by atoms with van der Waals surface area (Å²) in [5, 5.41) is 6.74. The topological polar surface area (TPSA) is 58.1 Å². The second-order valence-electron chi connectivity index (χ2n) is 6.25. The highest BCUT2D eigenvalue weighted by Gasteiger charge is 2.12. The van der Waals surface area contributed by atoms with Crippen LogP contribution in [0.3, 0.4) is 0 Å². The van der Waals surface area contributed by atoms with Gasteiger partial charge in [-0.1, -0.05) is 25.1 Å². The molecule has 1 aromatic carbocycles. The van der Waals surface area contributed by atoms with Gasteiger partial charge in [-0.3, -0.25) is 9.89 Å². The molecule has 1 atom stereocenters. The van der Waals surface area contributed by atoms with Crippen LogP contribution < -0.4 is 15.4 Å². The minimum atomic E-state index is 0.110. The molecule has 0 amide bonds. The summed E-state index contributed by atoms with van der Waals surface area (Å²) in [7, 11) is 1.80. The highest BCUT2D eigenvalue weighted by molar-refractivity contribution is 5.79. The Hall–Kier alpha value is -1.79. The van der Waals surface area contributed by atoms with E-state index in [1.807, 2.05) is 18.2 Å². The second-order valence-corrected chi connectivity index (χ2v) is 6.25. The Morgan fingerprint density at radius 1 is 1.28 bits per heavy atom. The predicted molar refractivity (Wildman–Crippen MR) is 103 cm³/mol. The summed E-state index contributed by atoms with van der Waals surface area (Å²) < 4.78 is 11.5. The molecular formula is C19H32N4O2. The zero-order valence-electron chi connectivity index (χ0n) is 15.8. The Bertz CT molecular complexity index is 530. The molecule has 6 nitrogen and oxygen atoms in total. The molecule has 2 N–H and O–H groups in total. The number of rotatable bonds is 8. The quantitative estimate of drug-likeness (QED) is 0.553. The molecular weight excluding hydrogens is 316 g/mol. The molecule has 140 valence electrons. The van der Waals surface area contributed by atoms with Gasteiger partial charge in [-0.05, 0) is 25.0 Å². The Morgan fingerprint density at radius 2 is 2.04 bits per heavy atom. The first-order valence-corrected chi connectivity index (χ1v) is 9.19. The Labute approximate surface area is 151 Å². The van der Waals surface area contributed by atoms with E-state index in [0.29, 0.717) is 0 Å². The van der Waals surface area contributed by atoms with E-state index < -0.39 is 0 Å². The predicted octanol–water partition coefficient (Wildman–Crippen LogP) is 1.65. The maximum Gasteiger partial charge on any atom is 0.191 e. The fourth-order valence-electron chi connectivity index (χ4n) is 2.73. The van der Waals surface area contributed by atoms with E-state index in [9.17, 15) is 0 Å². The van der Waals surface area contributed by atoms with Crippen LogP contribution in [0.5, 0.6) is 5.75 Å². The normalized spacial score (nSPS) is 17.2. The van der Waals surface area contributed by atoms with E-state index in [4.69, 9.17) is 9.47 Å². The minimum absolute atomic E-state index is 0.110. The van der Waals surface area contributed by atoms with Gasteiger partial charge >= 0.3 is 0 Å². The van der Waals surface area contributed by atoms with E-state index in [-0.39, 0.29) is 6.10 Å². The lowest BCUT2D eigenvalue weighted by molar-refractivity contribution is 0.0389. The Kier molecular flexibility index (Phi) is 8.55. The van der Waals surface area contributed by atoms with Crippen LogP contribution in [0.2, 0.25) is 0 Å². The number of nitrogens with one attached hydrogen (secondary N) is 2. The fourth-order valence-corrected chi connectivity index (χ4v) is 2.73. The summed E-state index contributed by atoms with van der Waals surface area (Å²) in [6.45, 7) is 10.5. The Balaban J connectivity index is 1.71. The molecule has 0 aliphatic carbocycles. The number of ether oxygens (including phenoxy) is 2. The molecule has 1 fully saturated rings. The van der Waals surface area contributed by atoms with Crippen molar-refractivity contribution in [1.29, 1.82) is 0 Å². The van der Waals surface area contributed by atoms with Gasteiger partial charge < -0.3 is 20.1 Å². The van der Waals surface area contributed by atoms with Crippen LogP contribution in [-0.2, 0) is 4.74 Å². The van der Waals surface area contributed by atoms with Crippen LogP contribution in [0, 0.1) is 6.92 Å². The van der Waals surface area contributed by atoms with Gasteiger partial charge in [-0.15, -0.1) is 0 Å². The number of guanidine groups is 1. The molecule has 0 radical (unpaired) electrons. The maximum atomic E-state index is 6.12. The molecule has 6 heteroatoms. The summed E-state index contributed by atoms with van der Waals surface area (Å²) in [4.78, 5) is 6.70. The van der Waals surface area contributed by atoms with Crippen molar-refractivity contribution in [3.05, 3.63) is 29.8 Å².